The molecule has 1 fully saturated rings. The smallest absolute Gasteiger partial charge is 0.351 e. The minimum atomic E-state index is -0.876. The summed E-state index contributed by atoms with van der Waals surface area (Å²) in [6.45, 7) is 1.17. The summed E-state index contributed by atoms with van der Waals surface area (Å²) in [6.07, 6.45) is -1.66. The van der Waals surface area contributed by atoms with Gasteiger partial charge in [0.15, 0.2) is 0 Å². The van der Waals surface area contributed by atoms with Crippen molar-refractivity contribution in [2.45, 2.75) is 37.9 Å². The van der Waals surface area contributed by atoms with Gasteiger partial charge in [0, 0.05) is 18.2 Å². The van der Waals surface area contributed by atoms with Crippen LogP contribution in [0.4, 0.5) is 5.82 Å². The number of aliphatic hydroxyl groups excluding tert-OH is 3. The van der Waals surface area contributed by atoms with Gasteiger partial charge in [-0.25, -0.2) is 4.79 Å². The summed E-state index contributed by atoms with van der Waals surface area (Å²) in [7, 11) is 0. The van der Waals surface area contributed by atoms with Crippen LogP contribution in [0.25, 0.3) is 0 Å². The maximum Gasteiger partial charge on any atom is 0.351 e. The molecule has 1 aliphatic heterocycles. The molecule has 5 N–H and O–H groups in total. The molecule has 8 heteroatoms. The molecule has 0 saturated carbocycles. The summed E-state index contributed by atoms with van der Waals surface area (Å²) >= 11 is 0. The summed E-state index contributed by atoms with van der Waals surface area (Å²) in [6, 6.07) is 0. The Morgan fingerprint density at radius 1 is 1.68 bits per heavy atom. The lowest BCUT2D eigenvalue weighted by Gasteiger charge is -2.17. The first kappa shape index (κ1) is 13.9. The van der Waals surface area contributed by atoms with Crippen LogP contribution in [0.1, 0.15) is 31.2 Å². The second-order valence-electron chi connectivity index (χ2n) is 4.56. The van der Waals surface area contributed by atoms with Crippen molar-refractivity contribution in [3.05, 3.63) is 22.2 Å². The van der Waals surface area contributed by atoms with E-state index in [4.69, 9.17) is 15.6 Å². The van der Waals surface area contributed by atoms with Gasteiger partial charge in [0.2, 0.25) is 0 Å². The molecule has 4 atom stereocenters. The van der Waals surface area contributed by atoms with E-state index in [0.29, 0.717) is 5.56 Å². The van der Waals surface area contributed by atoms with Crippen molar-refractivity contribution in [3.63, 3.8) is 0 Å². The van der Waals surface area contributed by atoms with Gasteiger partial charge in [-0.15, -0.1) is 0 Å². The Labute approximate surface area is 109 Å². The quantitative estimate of drug-likeness (QED) is 0.527. The molecule has 0 amide bonds. The lowest BCUT2D eigenvalue weighted by molar-refractivity contribution is -0.0460. The van der Waals surface area contributed by atoms with Crippen molar-refractivity contribution in [1.82, 2.24) is 9.55 Å². The fourth-order valence-corrected chi connectivity index (χ4v) is 2.07. The van der Waals surface area contributed by atoms with Crippen molar-refractivity contribution in [2.24, 2.45) is 0 Å². The molecule has 0 spiro atoms. The van der Waals surface area contributed by atoms with Gasteiger partial charge in [0.25, 0.3) is 0 Å². The monoisotopic (exact) mass is 271 g/mol. The Hall–Kier alpha value is -1.48. The Bertz CT molecular complexity index is 516. The zero-order valence-electron chi connectivity index (χ0n) is 10.4. The van der Waals surface area contributed by atoms with Gasteiger partial charge >= 0.3 is 5.69 Å². The Balaban J connectivity index is 2.36. The molecule has 1 aromatic rings. The molecule has 0 aliphatic carbocycles. The summed E-state index contributed by atoms with van der Waals surface area (Å²) in [5.41, 5.74) is 5.24. The van der Waals surface area contributed by atoms with Crippen LogP contribution in [0.15, 0.2) is 11.0 Å². The SMILES string of the molecule is C[C@@H](O)c1cn([C@H]2CC(O)[C@@H](CO)O2)c(=O)nc1N. The van der Waals surface area contributed by atoms with Crippen molar-refractivity contribution >= 4 is 5.82 Å². The number of nitrogens with zero attached hydrogens (tertiary/aromatic N) is 2. The van der Waals surface area contributed by atoms with Crippen LogP contribution in [0.5, 0.6) is 0 Å². The number of aromatic nitrogens is 2. The molecule has 8 nitrogen and oxygen atoms in total. The number of rotatable bonds is 3. The van der Waals surface area contributed by atoms with Crippen LogP contribution in [-0.4, -0.2) is 43.7 Å². The van der Waals surface area contributed by atoms with Crippen LogP contribution in [0, 0.1) is 0 Å². The summed E-state index contributed by atoms with van der Waals surface area (Å²) in [5, 5.41) is 28.2. The fourth-order valence-electron chi connectivity index (χ4n) is 2.07. The van der Waals surface area contributed by atoms with Gasteiger partial charge < -0.3 is 25.8 Å². The van der Waals surface area contributed by atoms with Crippen molar-refractivity contribution < 1.29 is 20.1 Å². The average molecular weight is 271 g/mol. The van der Waals surface area contributed by atoms with E-state index in [1.807, 2.05) is 0 Å². The first-order chi connectivity index (χ1) is 8.93. The lowest BCUT2D eigenvalue weighted by atomic mass is 10.2. The molecule has 0 bridgehead atoms. The van der Waals surface area contributed by atoms with Crippen LogP contribution in [0.2, 0.25) is 0 Å². The van der Waals surface area contributed by atoms with Crippen molar-refractivity contribution in [3.8, 4) is 0 Å². The number of hydrogen-bond donors (Lipinski definition) is 4. The summed E-state index contributed by atoms with van der Waals surface area (Å²) < 4.78 is 6.53. The highest BCUT2D eigenvalue weighted by Gasteiger charge is 2.35. The Morgan fingerprint density at radius 3 is 2.89 bits per heavy atom. The average Bonchev–Trinajstić information content (AvgIpc) is 2.69. The van der Waals surface area contributed by atoms with E-state index in [-0.39, 0.29) is 18.8 Å². The molecule has 1 saturated heterocycles. The van der Waals surface area contributed by atoms with E-state index in [2.05, 4.69) is 4.98 Å². The maximum absolute atomic E-state index is 11.8. The summed E-state index contributed by atoms with van der Waals surface area (Å²) in [4.78, 5) is 15.4. The minimum Gasteiger partial charge on any atom is -0.394 e. The molecule has 0 radical (unpaired) electrons. The van der Waals surface area contributed by atoms with Crippen LogP contribution in [0.3, 0.4) is 0 Å². The highest BCUT2D eigenvalue weighted by Crippen LogP contribution is 2.28. The fraction of sp³-hybridized carbons (Fsp3) is 0.636. The Kier molecular flexibility index (Phi) is 3.85. The normalized spacial score (nSPS) is 28.5. The number of nitrogen functional groups attached to an aromatic ring is 1. The van der Waals surface area contributed by atoms with Crippen molar-refractivity contribution in [1.29, 1.82) is 0 Å². The third-order valence-corrected chi connectivity index (χ3v) is 3.16. The molecule has 2 heterocycles. The van der Waals surface area contributed by atoms with Gasteiger partial charge in [-0.05, 0) is 6.92 Å². The zero-order valence-corrected chi connectivity index (χ0v) is 10.4. The second kappa shape index (κ2) is 5.25. The summed E-state index contributed by atoms with van der Waals surface area (Å²) in [5.74, 6) is -0.0338. The van der Waals surface area contributed by atoms with Crippen LogP contribution in [-0.2, 0) is 4.74 Å². The first-order valence-corrected chi connectivity index (χ1v) is 5.95. The van der Waals surface area contributed by atoms with E-state index < -0.39 is 30.2 Å². The van der Waals surface area contributed by atoms with E-state index in [0.717, 1.165) is 4.57 Å². The minimum absolute atomic E-state index is 0.0338. The van der Waals surface area contributed by atoms with Gasteiger partial charge in [-0.1, -0.05) is 0 Å². The highest BCUT2D eigenvalue weighted by atomic mass is 16.5. The topological polar surface area (TPSA) is 131 Å². The number of hydrogen-bond acceptors (Lipinski definition) is 7. The van der Waals surface area contributed by atoms with Gasteiger partial charge in [-0.2, -0.15) is 4.98 Å². The number of aliphatic hydroxyl groups is 3. The third-order valence-electron chi connectivity index (χ3n) is 3.16. The molecule has 0 aromatic carbocycles. The zero-order chi connectivity index (χ0) is 14.2. The lowest BCUT2D eigenvalue weighted by Crippen LogP contribution is -2.29. The van der Waals surface area contributed by atoms with E-state index >= 15 is 0 Å². The van der Waals surface area contributed by atoms with E-state index in [1.165, 1.54) is 13.1 Å². The molecule has 106 valence electrons. The second-order valence-corrected chi connectivity index (χ2v) is 4.56. The van der Waals surface area contributed by atoms with Gasteiger partial charge in [0.05, 0.1) is 18.8 Å². The third kappa shape index (κ3) is 2.61. The van der Waals surface area contributed by atoms with Crippen molar-refractivity contribution in [2.75, 3.05) is 12.3 Å². The van der Waals surface area contributed by atoms with E-state index in [1.54, 1.807) is 0 Å². The predicted molar refractivity (Wildman–Crippen MR) is 65.2 cm³/mol. The highest BCUT2D eigenvalue weighted by molar-refractivity contribution is 5.38. The Morgan fingerprint density at radius 2 is 2.37 bits per heavy atom. The van der Waals surface area contributed by atoms with Gasteiger partial charge in [-0.3, -0.25) is 4.57 Å². The van der Waals surface area contributed by atoms with Crippen LogP contribution >= 0.6 is 0 Å². The molecular formula is C11H17N3O5. The van der Waals surface area contributed by atoms with Gasteiger partial charge in [0.1, 0.15) is 18.1 Å². The maximum atomic E-state index is 11.8. The molecule has 1 aromatic heterocycles. The largest absolute Gasteiger partial charge is 0.394 e. The molecular weight excluding hydrogens is 254 g/mol. The molecule has 1 unspecified atom stereocenters. The number of anilines is 1. The number of ether oxygens (including phenoxy) is 1. The molecule has 2 rings (SSSR count). The standard InChI is InChI=1S/C11H17N3O5/c1-5(16)6-3-14(11(18)13-10(6)12)9-2-7(17)8(4-15)19-9/h3,5,7-9,15-17H,2,4H2,1H3,(H2,12,13,18)/t5-,7?,8-,9-/m1/s1. The first-order valence-electron chi connectivity index (χ1n) is 5.95. The molecule has 1 aliphatic rings. The van der Waals surface area contributed by atoms with Crippen LogP contribution < -0.4 is 11.4 Å². The van der Waals surface area contributed by atoms with E-state index in [9.17, 15) is 15.0 Å². The number of nitrogens with two attached hydrogens (primary N) is 1. The predicted octanol–water partition coefficient (Wildman–Crippen LogP) is -1.48. The molecule has 19 heavy (non-hydrogen) atoms.